The van der Waals surface area contributed by atoms with E-state index in [1.165, 1.54) is 44.5 Å². The van der Waals surface area contributed by atoms with Crippen LogP contribution in [0.2, 0.25) is 0 Å². The van der Waals surface area contributed by atoms with Gasteiger partial charge in [-0.3, -0.25) is 0 Å². The normalized spacial score (nSPS) is 15.7. The van der Waals surface area contributed by atoms with Gasteiger partial charge in [-0.25, -0.2) is 0 Å². The van der Waals surface area contributed by atoms with Gasteiger partial charge in [0.2, 0.25) is 0 Å². The minimum absolute atomic E-state index is 0.448. The maximum atomic E-state index is 6.23. The highest BCUT2D eigenvalue weighted by molar-refractivity contribution is 5.96. The van der Waals surface area contributed by atoms with Crippen molar-refractivity contribution in [3.05, 3.63) is 240 Å². The van der Waals surface area contributed by atoms with Crippen LogP contribution in [0.15, 0.2) is 212 Å². The average molecular weight is 668 g/mol. The van der Waals surface area contributed by atoms with E-state index in [0.717, 1.165) is 34.0 Å². The monoisotopic (exact) mass is 667 g/mol. The maximum Gasteiger partial charge on any atom is 0.127 e. The van der Waals surface area contributed by atoms with Crippen molar-refractivity contribution in [3.8, 4) is 28.0 Å². The quantitative estimate of drug-likeness (QED) is 0.175. The summed E-state index contributed by atoms with van der Waals surface area (Å²) in [5.41, 5.74) is 14.4. The van der Waals surface area contributed by atoms with Gasteiger partial charge in [-0.05, 0) is 87.0 Å². The Kier molecular flexibility index (Phi) is 7.98. The van der Waals surface area contributed by atoms with Crippen molar-refractivity contribution in [1.82, 2.24) is 0 Å². The van der Waals surface area contributed by atoms with Crippen molar-refractivity contribution in [2.24, 2.45) is 0 Å². The number of ether oxygens (including phenoxy) is 1. The van der Waals surface area contributed by atoms with E-state index in [1.54, 1.807) is 0 Å². The van der Waals surface area contributed by atoms with Gasteiger partial charge in [0.05, 0.1) is 11.1 Å². The van der Waals surface area contributed by atoms with Gasteiger partial charge in [-0.1, -0.05) is 164 Å². The fourth-order valence-corrected chi connectivity index (χ4v) is 8.13. The average Bonchev–Trinajstić information content (AvgIpc) is 3.55. The Hall–Kier alpha value is -6.64. The second kappa shape index (κ2) is 13.2. The summed E-state index contributed by atoms with van der Waals surface area (Å²) < 4.78 is 6.23. The van der Waals surface area contributed by atoms with E-state index in [2.05, 4.69) is 193 Å². The van der Waals surface area contributed by atoms with Crippen LogP contribution in [0.5, 0.6) is 5.75 Å². The zero-order chi connectivity index (χ0) is 34.9. The van der Waals surface area contributed by atoms with E-state index >= 15 is 0 Å². The summed E-state index contributed by atoms with van der Waals surface area (Å²) in [6.45, 7) is 5.01. The van der Waals surface area contributed by atoms with Crippen molar-refractivity contribution in [2.45, 2.75) is 5.41 Å². The van der Waals surface area contributed by atoms with Crippen molar-refractivity contribution in [1.29, 1.82) is 0 Å². The largest absolute Gasteiger partial charge is 0.489 e. The zero-order valence-electron chi connectivity index (χ0n) is 28.8. The molecule has 1 aliphatic heterocycles. The number of allylic oxidation sites excluding steroid dienone is 3. The number of hydrogen-bond acceptors (Lipinski definition) is 2. The molecule has 2 aliphatic rings. The van der Waals surface area contributed by atoms with Gasteiger partial charge in [0, 0.05) is 22.5 Å². The number of hydrogen-bond donors (Lipinski definition) is 0. The molecule has 1 heterocycles. The third kappa shape index (κ3) is 5.20. The first kappa shape index (κ1) is 31.3. The SMILES string of the molecule is C=C1/C=C(N(c2ccc(-c3ccccc3)cc2)c2cccc3c2-c2ccccc2C3(c2ccccc2)c2ccccc2)\C=C/COc2ccccc21. The van der Waals surface area contributed by atoms with Gasteiger partial charge in [0.1, 0.15) is 12.4 Å². The van der Waals surface area contributed by atoms with Crippen LogP contribution in [0.3, 0.4) is 0 Å². The molecule has 1 aliphatic carbocycles. The zero-order valence-corrected chi connectivity index (χ0v) is 28.8. The highest BCUT2D eigenvalue weighted by Gasteiger charge is 2.47. The smallest absolute Gasteiger partial charge is 0.127 e. The molecular formula is C50H37NO. The van der Waals surface area contributed by atoms with Gasteiger partial charge in [0.15, 0.2) is 0 Å². The number of benzene rings is 7. The molecule has 0 amide bonds. The molecule has 0 N–H and O–H groups in total. The second-order valence-electron chi connectivity index (χ2n) is 13.3. The summed E-state index contributed by atoms with van der Waals surface area (Å²) in [7, 11) is 0. The lowest BCUT2D eigenvalue weighted by Crippen LogP contribution is -2.28. The molecule has 0 spiro atoms. The molecule has 0 saturated heterocycles. The summed E-state index contributed by atoms with van der Waals surface area (Å²) in [5, 5.41) is 0. The van der Waals surface area contributed by atoms with E-state index in [1.807, 2.05) is 18.2 Å². The molecule has 7 aromatic carbocycles. The molecular weight excluding hydrogens is 631 g/mol. The van der Waals surface area contributed by atoms with E-state index in [4.69, 9.17) is 4.74 Å². The lowest BCUT2D eigenvalue weighted by molar-refractivity contribution is 0.362. The Morgan fingerprint density at radius 2 is 1.10 bits per heavy atom. The third-order valence-corrected chi connectivity index (χ3v) is 10.4. The Morgan fingerprint density at radius 1 is 0.519 bits per heavy atom. The molecule has 0 radical (unpaired) electrons. The summed E-state index contributed by atoms with van der Waals surface area (Å²) >= 11 is 0. The Labute approximate surface area is 305 Å². The lowest BCUT2D eigenvalue weighted by Gasteiger charge is -2.34. The fraction of sp³-hybridized carbons (Fsp3) is 0.0400. The first-order valence-corrected chi connectivity index (χ1v) is 17.8. The van der Waals surface area contributed by atoms with Crippen molar-refractivity contribution in [3.63, 3.8) is 0 Å². The highest BCUT2D eigenvalue weighted by atomic mass is 16.5. The van der Waals surface area contributed by atoms with Crippen LogP contribution >= 0.6 is 0 Å². The van der Waals surface area contributed by atoms with Crippen molar-refractivity contribution in [2.75, 3.05) is 11.5 Å². The van der Waals surface area contributed by atoms with E-state index in [-0.39, 0.29) is 0 Å². The summed E-state index contributed by atoms with van der Waals surface area (Å²) in [6, 6.07) is 65.3. The topological polar surface area (TPSA) is 12.5 Å². The van der Waals surface area contributed by atoms with Crippen LogP contribution in [0.4, 0.5) is 11.4 Å². The van der Waals surface area contributed by atoms with Crippen molar-refractivity contribution >= 4 is 16.9 Å². The predicted octanol–water partition coefficient (Wildman–Crippen LogP) is 12.4. The summed E-state index contributed by atoms with van der Waals surface area (Å²) in [5.74, 6) is 0.832. The first-order chi connectivity index (χ1) is 25.7. The molecule has 9 rings (SSSR count). The predicted molar refractivity (Wildman–Crippen MR) is 216 cm³/mol. The summed E-state index contributed by atoms with van der Waals surface area (Å²) in [6.07, 6.45) is 6.46. The molecule has 7 aromatic rings. The molecule has 0 bridgehead atoms. The number of rotatable bonds is 6. The van der Waals surface area contributed by atoms with Gasteiger partial charge in [0.25, 0.3) is 0 Å². The van der Waals surface area contributed by atoms with Crippen LogP contribution in [0, 0.1) is 0 Å². The number of anilines is 2. The maximum absolute atomic E-state index is 6.23. The number of fused-ring (bicyclic) bond motifs is 4. The molecule has 2 nitrogen and oxygen atoms in total. The van der Waals surface area contributed by atoms with E-state index in [0.29, 0.717) is 6.61 Å². The number of para-hydroxylation sites is 1. The van der Waals surface area contributed by atoms with Crippen LogP contribution in [-0.2, 0) is 5.41 Å². The molecule has 2 heteroatoms. The molecule has 0 aromatic heterocycles. The third-order valence-electron chi connectivity index (χ3n) is 10.4. The van der Waals surface area contributed by atoms with Gasteiger partial charge in [-0.15, -0.1) is 0 Å². The second-order valence-corrected chi connectivity index (χ2v) is 13.3. The molecule has 0 unspecified atom stereocenters. The molecule has 248 valence electrons. The molecule has 0 atom stereocenters. The minimum Gasteiger partial charge on any atom is -0.489 e. The van der Waals surface area contributed by atoms with Crippen LogP contribution in [-0.4, -0.2) is 6.61 Å². The summed E-state index contributed by atoms with van der Waals surface area (Å²) in [4.78, 5) is 2.39. The van der Waals surface area contributed by atoms with Gasteiger partial charge < -0.3 is 9.64 Å². The van der Waals surface area contributed by atoms with E-state index < -0.39 is 5.41 Å². The Bertz CT molecular complexity index is 2420. The van der Waals surface area contributed by atoms with Crippen molar-refractivity contribution < 1.29 is 4.74 Å². The first-order valence-electron chi connectivity index (χ1n) is 17.8. The van der Waals surface area contributed by atoms with Crippen LogP contribution in [0.1, 0.15) is 27.8 Å². The molecule has 0 saturated carbocycles. The Balaban J connectivity index is 1.32. The fourth-order valence-electron chi connectivity index (χ4n) is 8.13. The lowest BCUT2D eigenvalue weighted by atomic mass is 9.68. The van der Waals surface area contributed by atoms with Gasteiger partial charge in [-0.2, -0.15) is 0 Å². The minimum atomic E-state index is -0.508. The van der Waals surface area contributed by atoms with Gasteiger partial charge >= 0.3 is 0 Å². The number of nitrogens with zero attached hydrogens (tertiary/aromatic N) is 1. The van der Waals surface area contributed by atoms with E-state index in [9.17, 15) is 0 Å². The standard InChI is InChI=1S/C50H37NO/c1-36-35-42(23-16-34-52-48-29-14-12-24-43(36)48)51(41-32-30-38(31-33-41)37-17-5-2-6-18-37)47-28-15-27-46-49(47)44-25-11-13-26-45(44)50(46,39-19-7-3-8-20-39)40-21-9-4-10-22-40/h2-33,35H,1,34H2/b23-16-,42-35+. The highest BCUT2D eigenvalue weighted by Crippen LogP contribution is 2.59. The molecule has 0 fully saturated rings. The van der Waals surface area contributed by atoms with Crippen LogP contribution < -0.4 is 9.64 Å². The van der Waals surface area contributed by atoms with Crippen LogP contribution in [0.25, 0.3) is 27.8 Å². The Morgan fingerprint density at radius 3 is 1.81 bits per heavy atom. The molecule has 52 heavy (non-hydrogen) atoms.